The number of ether oxygens (including phenoxy) is 1. The van der Waals surface area contributed by atoms with Crippen molar-refractivity contribution >= 4 is 28.7 Å². The minimum absolute atomic E-state index is 0.166. The fourth-order valence-electron chi connectivity index (χ4n) is 3.56. The lowest BCUT2D eigenvalue weighted by Crippen LogP contribution is -2.35. The molecule has 1 aromatic carbocycles. The van der Waals surface area contributed by atoms with E-state index in [1.165, 1.54) is 17.7 Å². The lowest BCUT2D eigenvalue weighted by atomic mass is 10.1. The maximum absolute atomic E-state index is 13.2. The predicted octanol–water partition coefficient (Wildman–Crippen LogP) is 2.47. The van der Waals surface area contributed by atoms with Crippen LogP contribution in [-0.2, 0) is 5.79 Å². The summed E-state index contributed by atoms with van der Waals surface area (Å²) in [4.78, 5) is 25.9. The number of fused-ring (bicyclic) bond motifs is 1. The largest absolute Gasteiger partial charge is 0.457 e. The Hall–Kier alpha value is -3.01. The summed E-state index contributed by atoms with van der Waals surface area (Å²) < 4.78 is 6.09. The number of nitrogens with one attached hydrogen (secondary N) is 1. The molecule has 1 amide bonds. The number of hydrogen-bond acceptors (Lipinski definition) is 8. The molecule has 8 nitrogen and oxygen atoms in total. The van der Waals surface area contributed by atoms with Crippen LogP contribution < -0.4 is 19.9 Å². The molecule has 2 N–H and O–H groups in total. The zero-order valence-electron chi connectivity index (χ0n) is 17.5. The minimum Gasteiger partial charge on any atom is -0.457 e. The predicted molar refractivity (Wildman–Crippen MR) is 121 cm³/mol. The van der Waals surface area contributed by atoms with E-state index >= 15 is 0 Å². The molecule has 1 aliphatic rings. The smallest absolute Gasteiger partial charge is 0.263 e. The van der Waals surface area contributed by atoms with Gasteiger partial charge in [0.25, 0.3) is 5.91 Å². The summed E-state index contributed by atoms with van der Waals surface area (Å²) >= 11 is 1.44. The van der Waals surface area contributed by atoms with Gasteiger partial charge in [0.2, 0.25) is 5.79 Å². The molecule has 0 bridgehead atoms. The zero-order chi connectivity index (χ0) is 21.8. The van der Waals surface area contributed by atoms with Crippen molar-refractivity contribution in [1.29, 1.82) is 0 Å². The molecule has 1 atom stereocenters. The van der Waals surface area contributed by atoms with E-state index in [0.717, 1.165) is 4.88 Å². The SMILES string of the molecule is CNCC[C@@](O)(Oc1cccc(N2CCN(C)c3ncncc3C2=O)c1)c1cccs1. The highest BCUT2D eigenvalue weighted by Gasteiger charge is 2.33. The van der Waals surface area contributed by atoms with Gasteiger partial charge < -0.3 is 25.0 Å². The highest BCUT2D eigenvalue weighted by atomic mass is 32.1. The summed E-state index contributed by atoms with van der Waals surface area (Å²) in [7, 11) is 3.74. The van der Waals surface area contributed by atoms with E-state index in [9.17, 15) is 9.90 Å². The Morgan fingerprint density at radius 3 is 2.94 bits per heavy atom. The second-order valence-electron chi connectivity index (χ2n) is 7.35. The molecule has 0 radical (unpaired) electrons. The zero-order valence-corrected chi connectivity index (χ0v) is 18.3. The van der Waals surface area contributed by atoms with Crippen molar-refractivity contribution < 1.29 is 14.6 Å². The monoisotopic (exact) mass is 439 g/mol. The normalized spacial score (nSPS) is 15.9. The van der Waals surface area contributed by atoms with Crippen molar-refractivity contribution in [3.05, 3.63) is 64.7 Å². The van der Waals surface area contributed by atoms with Gasteiger partial charge in [-0.2, -0.15) is 0 Å². The van der Waals surface area contributed by atoms with Crippen LogP contribution in [0.1, 0.15) is 21.7 Å². The molecule has 162 valence electrons. The van der Waals surface area contributed by atoms with Crippen LogP contribution in [0.4, 0.5) is 11.5 Å². The van der Waals surface area contributed by atoms with Crippen LogP contribution in [0.25, 0.3) is 0 Å². The third kappa shape index (κ3) is 4.39. The maximum Gasteiger partial charge on any atom is 0.263 e. The van der Waals surface area contributed by atoms with Crippen molar-refractivity contribution in [1.82, 2.24) is 15.3 Å². The van der Waals surface area contributed by atoms with Crippen molar-refractivity contribution in [2.45, 2.75) is 12.2 Å². The number of aliphatic hydroxyl groups is 1. The van der Waals surface area contributed by atoms with Crippen LogP contribution in [0.15, 0.2) is 54.3 Å². The second-order valence-corrected chi connectivity index (χ2v) is 8.30. The van der Waals surface area contributed by atoms with Crippen LogP contribution in [0.3, 0.4) is 0 Å². The van der Waals surface area contributed by atoms with E-state index < -0.39 is 5.79 Å². The van der Waals surface area contributed by atoms with E-state index in [1.54, 1.807) is 23.2 Å². The first-order valence-electron chi connectivity index (χ1n) is 10.0. The number of hydrogen-bond donors (Lipinski definition) is 2. The maximum atomic E-state index is 13.2. The van der Waals surface area contributed by atoms with Crippen LogP contribution in [0, 0.1) is 0 Å². The number of aromatic nitrogens is 2. The topological polar surface area (TPSA) is 90.8 Å². The molecular formula is C22H25N5O3S. The van der Waals surface area contributed by atoms with Gasteiger partial charge in [-0.1, -0.05) is 12.1 Å². The molecule has 3 heterocycles. The summed E-state index contributed by atoms with van der Waals surface area (Å²) in [6.07, 6.45) is 3.38. The lowest BCUT2D eigenvalue weighted by Gasteiger charge is -2.29. The van der Waals surface area contributed by atoms with Gasteiger partial charge in [0.05, 0.1) is 4.88 Å². The third-order valence-corrected chi connectivity index (χ3v) is 6.23. The van der Waals surface area contributed by atoms with Gasteiger partial charge in [-0.05, 0) is 30.6 Å². The number of likely N-dealkylation sites (N-methyl/N-ethyl adjacent to an activating group) is 1. The molecule has 9 heteroatoms. The average Bonchev–Trinajstić information content (AvgIpc) is 3.30. The summed E-state index contributed by atoms with van der Waals surface area (Å²) in [6.45, 7) is 1.70. The fraction of sp³-hybridized carbons (Fsp3) is 0.318. The molecule has 3 aromatic rings. The number of carbonyl (C=O) groups is 1. The van der Waals surface area contributed by atoms with Crippen molar-refractivity contribution in [2.75, 3.05) is 43.5 Å². The van der Waals surface area contributed by atoms with Crippen LogP contribution in [-0.4, -0.2) is 54.7 Å². The molecular weight excluding hydrogens is 414 g/mol. The highest BCUT2D eigenvalue weighted by Crippen LogP contribution is 2.34. The first-order chi connectivity index (χ1) is 15.0. The van der Waals surface area contributed by atoms with Crippen molar-refractivity contribution in [3.8, 4) is 5.75 Å². The summed E-state index contributed by atoms with van der Waals surface area (Å²) in [5.41, 5.74) is 1.15. The number of anilines is 2. The van der Waals surface area contributed by atoms with Crippen LogP contribution in [0.2, 0.25) is 0 Å². The van der Waals surface area contributed by atoms with Crippen molar-refractivity contribution in [2.24, 2.45) is 0 Å². The van der Waals surface area contributed by atoms with Gasteiger partial charge in [-0.15, -0.1) is 11.3 Å². The van der Waals surface area contributed by atoms with E-state index in [-0.39, 0.29) is 5.91 Å². The molecule has 31 heavy (non-hydrogen) atoms. The molecule has 0 spiro atoms. The van der Waals surface area contributed by atoms with E-state index in [4.69, 9.17) is 4.74 Å². The summed E-state index contributed by atoms with van der Waals surface area (Å²) in [5.74, 6) is -0.520. The quantitative estimate of drug-likeness (QED) is 0.547. The molecule has 0 aliphatic carbocycles. The molecule has 4 rings (SSSR count). The Balaban J connectivity index is 1.63. The van der Waals surface area contributed by atoms with Gasteiger partial charge in [-0.25, -0.2) is 9.97 Å². The Labute approximate surface area is 185 Å². The number of nitrogens with zero attached hydrogens (tertiary/aromatic N) is 4. The molecule has 0 unspecified atom stereocenters. The number of rotatable bonds is 7. The number of thiophene rings is 1. The average molecular weight is 440 g/mol. The fourth-order valence-corrected chi connectivity index (χ4v) is 4.35. The Morgan fingerprint density at radius 2 is 2.16 bits per heavy atom. The Kier molecular flexibility index (Phi) is 6.17. The third-order valence-electron chi connectivity index (χ3n) is 5.22. The Bertz CT molecular complexity index is 1050. The standard InChI is InChI=1S/C22H25N5O3S/c1-23-9-8-22(29,19-7-4-12-31-19)30-17-6-3-5-16(13-17)27-11-10-26(2)20-18(21(27)28)14-24-15-25-20/h3-7,12-15,23,29H,8-11H2,1-2H3/t22-/m1/s1. The lowest BCUT2D eigenvalue weighted by molar-refractivity contribution is -0.147. The van der Waals surface area contributed by atoms with Crippen LogP contribution >= 0.6 is 11.3 Å². The van der Waals surface area contributed by atoms with Gasteiger partial charge >= 0.3 is 0 Å². The number of carbonyl (C=O) groups excluding carboxylic acids is 1. The first kappa shape index (κ1) is 21.2. The first-order valence-corrected chi connectivity index (χ1v) is 10.9. The molecule has 1 aliphatic heterocycles. The van der Waals surface area contributed by atoms with Gasteiger partial charge in [0.15, 0.2) is 0 Å². The molecule has 0 saturated heterocycles. The minimum atomic E-state index is -1.46. The van der Waals surface area contributed by atoms with Gasteiger partial charge in [0, 0.05) is 51.1 Å². The number of benzene rings is 1. The Morgan fingerprint density at radius 1 is 1.29 bits per heavy atom. The van der Waals surface area contributed by atoms with E-state index in [0.29, 0.717) is 48.9 Å². The van der Waals surface area contributed by atoms with E-state index in [2.05, 4.69) is 15.3 Å². The summed E-state index contributed by atoms with van der Waals surface area (Å²) in [6, 6.07) is 11.0. The van der Waals surface area contributed by atoms with Crippen molar-refractivity contribution in [3.63, 3.8) is 0 Å². The number of amides is 1. The second kappa shape index (κ2) is 9.01. The van der Waals surface area contributed by atoms with E-state index in [1.807, 2.05) is 48.6 Å². The van der Waals surface area contributed by atoms with Gasteiger partial charge in [0.1, 0.15) is 23.5 Å². The highest BCUT2D eigenvalue weighted by molar-refractivity contribution is 7.10. The van der Waals surface area contributed by atoms with Gasteiger partial charge in [-0.3, -0.25) is 4.79 Å². The molecule has 0 fully saturated rings. The molecule has 0 saturated carbocycles. The van der Waals surface area contributed by atoms with Crippen LogP contribution in [0.5, 0.6) is 5.75 Å². The summed E-state index contributed by atoms with van der Waals surface area (Å²) in [5, 5.41) is 16.2. The molecule has 2 aromatic heterocycles.